The number of allylic oxidation sites excluding steroid dienone is 1. The van der Waals surface area contributed by atoms with E-state index in [4.69, 9.17) is 5.73 Å². The Kier molecular flexibility index (Phi) is 3.62. The number of nitrogens with zero attached hydrogens (tertiary/aromatic N) is 2. The predicted octanol–water partition coefficient (Wildman–Crippen LogP) is 2.07. The molecular weight excluding hydrogens is 288 g/mol. The summed E-state index contributed by atoms with van der Waals surface area (Å²) in [5.74, 6) is -0.0568. The lowest BCUT2D eigenvalue weighted by Gasteiger charge is -2.44. The molecule has 122 valence electrons. The highest BCUT2D eigenvalue weighted by Crippen LogP contribution is 2.41. The van der Waals surface area contributed by atoms with Crippen molar-refractivity contribution in [2.24, 2.45) is 5.73 Å². The number of fused-ring (bicyclic) bond motifs is 1. The molecule has 3 aliphatic rings. The number of anilines is 1. The van der Waals surface area contributed by atoms with Crippen molar-refractivity contribution < 1.29 is 4.79 Å². The fourth-order valence-corrected chi connectivity index (χ4v) is 4.30. The van der Waals surface area contributed by atoms with E-state index < -0.39 is 0 Å². The summed E-state index contributed by atoms with van der Waals surface area (Å²) in [7, 11) is 2.11. The maximum Gasteiger partial charge on any atom is 0.127 e. The predicted molar refractivity (Wildman–Crippen MR) is 90.5 cm³/mol. The van der Waals surface area contributed by atoms with E-state index in [9.17, 15) is 4.79 Å². The minimum Gasteiger partial charge on any atom is -0.353 e. The Morgan fingerprint density at radius 1 is 1.26 bits per heavy atom. The Bertz CT molecular complexity index is 656. The molecule has 2 heterocycles. The molecule has 5 nitrogen and oxygen atoms in total. The number of carbonyl (C=O) groups excluding carboxylic acids is 1. The number of aldehydes is 1. The second-order valence-electron chi connectivity index (χ2n) is 6.78. The summed E-state index contributed by atoms with van der Waals surface area (Å²) in [4.78, 5) is 13.9. The van der Waals surface area contributed by atoms with Gasteiger partial charge in [-0.1, -0.05) is 18.2 Å². The van der Waals surface area contributed by atoms with Crippen molar-refractivity contribution in [2.75, 3.05) is 11.9 Å². The third kappa shape index (κ3) is 2.26. The molecule has 3 unspecified atom stereocenters. The van der Waals surface area contributed by atoms with Crippen LogP contribution in [-0.4, -0.2) is 30.7 Å². The maximum atomic E-state index is 11.6. The highest BCUT2D eigenvalue weighted by Gasteiger charge is 2.40. The third-order valence-corrected chi connectivity index (χ3v) is 5.52. The fraction of sp³-hybridized carbons (Fsp3) is 0.500. The second kappa shape index (κ2) is 5.65. The number of hydrogen-bond acceptors (Lipinski definition) is 5. The van der Waals surface area contributed by atoms with Crippen LogP contribution in [0.25, 0.3) is 0 Å². The highest BCUT2D eigenvalue weighted by atomic mass is 16.1. The monoisotopic (exact) mass is 312 g/mol. The molecule has 0 aromatic heterocycles. The van der Waals surface area contributed by atoms with Crippen LogP contribution in [0, 0.1) is 0 Å². The van der Waals surface area contributed by atoms with Crippen LogP contribution in [0.15, 0.2) is 35.5 Å². The van der Waals surface area contributed by atoms with Crippen LogP contribution in [0.2, 0.25) is 0 Å². The van der Waals surface area contributed by atoms with Gasteiger partial charge in [0.05, 0.1) is 6.17 Å². The molecule has 1 aromatic rings. The lowest BCUT2D eigenvalue weighted by atomic mass is 9.88. The SMILES string of the molecule is CN1c2ccccc2C(C=O)CC1N1NC(N)C2=C1CCCC2. The average molecular weight is 312 g/mol. The minimum atomic E-state index is -0.0782. The molecule has 1 aliphatic carbocycles. The number of rotatable bonds is 2. The first-order chi connectivity index (χ1) is 11.2. The molecule has 0 saturated heterocycles. The Balaban J connectivity index is 1.70. The standard InChI is InChI=1S/C18H24N4O/c1-21-15-8-4-2-6-13(15)12(11-23)10-17(21)22-16-9-5-3-7-14(16)18(19)20-22/h2,4,6,8,11-12,17-18,20H,3,5,7,9-10,19H2,1H3. The van der Waals surface area contributed by atoms with Crippen molar-refractivity contribution in [3.05, 3.63) is 41.1 Å². The first kappa shape index (κ1) is 14.7. The van der Waals surface area contributed by atoms with Crippen molar-refractivity contribution in [3.63, 3.8) is 0 Å². The molecule has 1 aromatic carbocycles. The van der Waals surface area contributed by atoms with E-state index in [2.05, 4.69) is 34.5 Å². The third-order valence-electron chi connectivity index (χ3n) is 5.52. The Labute approximate surface area is 137 Å². The van der Waals surface area contributed by atoms with Crippen molar-refractivity contribution >= 4 is 12.0 Å². The van der Waals surface area contributed by atoms with E-state index in [0.717, 1.165) is 36.8 Å². The lowest BCUT2D eigenvalue weighted by Crippen LogP contribution is -2.55. The number of benzene rings is 1. The number of hydrazine groups is 1. The number of nitrogens with one attached hydrogen (secondary N) is 1. The van der Waals surface area contributed by atoms with E-state index in [1.807, 2.05) is 12.1 Å². The minimum absolute atomic E-state index is 0.0568. The molecular formula is C18H24N4O. The molecule has 3 atom stereocenters. The molecule has 0 saturated carbocycles. The first-order valence-electron chi connectivity index (χ1n) is 8.50. The molecule has 0 radical (unpaired) electrons. The van der Waals surface area contributed by atoms with E-state index in [1.54, 1.807) is 0 Å². The van der Waals surface area contributed by atoms with Crippen LogP contribution in [0.4, 0.5) is 5.69 Å². The Morgan fingerprint density at radius 3 is 2.87 bits per heavy atom. The van der Waals surface area contributed by atoms with Crippen molar-refractivity contribution in [1.29, 1.82) is 0 Å². The van der Waals surface area contributed by atoms with Gasteiger partial charge < -0.3 is 15.4 Å². The Hall–Kier alpha value is -1.85. The molecule has 5 heteroatoms. The molecule has 23 heavy (non-hydrogen) atoms. The number of para-hydroxylation sites is 1. The summed E-state index contributed by atoms with van der Waals surface area (Å²) in [5.41, 5.74) is 14.7. The van der Waals surface area contributed by atoms with Gasteiger partial charge >= 0.3 is 0 Å². The average Bonchev–Trinajstić information content (AvgIpc) is 2.93. The normalized spacial score (nSPS) is 30.3. The summed E-state index contributed by atoms with van der Waals surface area (Å²) in [6, 6.07) is 8.21. The van der Waals surface area contributed by atoms with Gasteiger partial charge in [0.25, 0.3) is 0 Å². The van der Waals surface area contributed by atoms with E-state index >= 15 is 0 Å². The van der Waals surface area contributed by atoms with Gasteiger partial charge in [-0.3, -0.25) is 5.01 Å². The van der Waals surface area contributed by atoms with Gasteiger partial charge in [0.1, 0.15) is 12.5 Å². The summed E-state index contributed by atoms with van der Waals surface area (Å²) < 4.78 is 0. The van der Waals surface area contributed by atoms with Crippen molar-refractivity contribution in [1.82, 2.24) is 10.4 Å². The highest BCUT2D eigenvalue weighted by molar-refractivity contribution is 5.71. The summed E-state index contributed by atoms with van der Waals surface area (Å²) in [5, 5.41) is 2.24. The number of carbonyl (C=O) groups is 1. The zero-order chi connectivity index (χ0) is 16.0. The van der Waals surface area contributed by atoms with Gasteiger partial charge in [0.2, 0.25) is 0 Å². The lowest BCUT2D eigenvalue weighted by molar-refractivity contribution is -0.109. The molecule has 0 spiro atoms. The first-order valence-corrected chi connectivity index (χ1v) is 8.50. The maximum absolute atomic E-state index is 11.6. The topological polar surface area (TPSA) is 61.6 Å². The zero-order valence-corrected chi connectivity index (χ0v) is 13.5. The summed E-state index contributed by atoms with van der Waals surface area (Å²) >= 11 is 0. The fourth-order valence-electron chi connectivity index (χ4n) is 4.30. The second-order valence-corrected chi connectivity index (χ2v) is 6.78. The van der Waals surface area contributed by atoms with Gasteiger partial charge in [-0.05, 0) is 42.9 Å². The Morgan fingerprint density at radius 2 is 2.04 bits per heavy atom. The van der Waals surface area contributed by atoms with Crippen LogP contribution in [0.3, 0.4) is 0 Å². The summed E-state index contributed by atoms with van der Waals surface area (Å²) in [6.45, 7) is 0. The van der Waals surface area contributed by atoms with Crippen LogP contribution in [0.1, 0.15) is 43.6 Å². The molecule has 2 aliphatic heterocycles. The van der Waals surface area contributed by atoms with Crippen LogP contribution in [-0.2, 0) is 4.79 Å². The molecule has 0 bridgehead atoms. The number of nitrogens with two attached hydrogens (primary N) is 1. The van der Waals surface area contributed by atoms with Crippen LogP contribution >= 0.6 is 0 Å². The van der Waals surface area contributed by atoms with Crippen LogP contribution < -0.4 is 16.1 Å². The van der Waals surface area contributed by atoms with Crippen molar-refractivity contribution in [2.45, 2.75) is 50.4 Å². The van der Waals surface area contributed by atoms with E-state index in [-0.39, 0.29) is 18.2 Å². The van der Waals surface area contributed by atoms with Crippen LogP contribution in [0.5, 0.6) is 0 Å². The number of hydrogen-bond donors (Lipinski definition) is 2. The van der Waals surface area contributed by atoms with Gasteiger partial charge in [-0.15, -0.1) is 0 Å². The summed E-state index contributed by atoms with van der Waals surface area (Å²) in [6.07, 6.45) is 6.52. The molecule has 3 N–H and O–H groups in total. The molecule has 4 rings (SSSR count). The molecule has 0 amide bonds. The van der Waals surface area contributed by atoms with Crippen molar-refractivity contribution in [3.8, 4) is 0 Å². The van der Waals surface area contributed by atoms with Gasteiger partial charge in [0, 0.05) is 30.8 Å². The smallest absolute Gasteiger partial charge is 0.127 e. The molecule has 0 fully saturated rings. The van der Waals surface area contributed by atoms with Gasteiger partial charge in [0.15, 0.2) is 0 Å². The van der Waals surface area contributed by atoms with E-state index in [0.29, 0.717) is 0 Å². The van der Waals surface area contributed by atoms with Gasteiger partial charge in [-0.2, -0.15) is 0 Å². The quantitative estimate of drug-likeness (QED) is 0.819. The van der Waals surface area contributed by atoms with E-state index in [1.165, 1.54) is 24.1 Å². The zero-order valence-electron chi connectivity index (χ0n) is 13.5. The largest absolute Gasteiger partial charge is 0.353 e. The van der Waals surface area contributed by atoms with Gasteiger partial charge in [-0.25, -0.2) is 5.43 Å².